The van der Waals surface area contributed by atoms with Gasteiger partial charge in [0, 0.05) is 34.7 Å². The number of rotatable bonds is 1. The van der Waals surface area contributed by atoms with Crippen LogP contribution < -0.4 is 9.47 Å². The Balaban J connectivity index is 1.59. The molecule has 0 N–H and O–H groups in total. The van der Waals surface area contributed by atoms with Crippen molar-refractivity contribution in [3.8, 4) is 11.5 Å². The molecular formula is C25H21NO4. The average Bonchev–Trinajstić information content (AvgIpc) is 3.28. The van der Waals surface area contributed by atoms with E-state index in [9.17, 15) is 9.59 Å². The highest BCUT2D eigenvalue weighted by Gasteiger charge is 2.50. The number of fused-ring (bicyclic) bond motifs is 4. The molecule has 0 spiro atoms. The maximum atomic E-state index is 13.5. The summed E-state index contributed by atoms with van der Waals surface area (Å²) < 4.78 is 11.0. The number of carbonyl (C=O) groups excluding carboxylic acids is 2. The van der Waals surface area contributed by atoms with Crippen molar-refractivity contribution < 1.29 is 19.1 Å². The molecule has 0 fully saturated rings. The molecule has 2 aromatic carbocycles. The van der Waals surface area contributed by atoms with E-state index in [1.54, 1.807) is 0 Å². The lowest BCUT2D eigenvalue weighted by atomic mass is 9.66. The maximum Gasteiger partial charge on any atom is 0.231 e. The summed E-state index contributed by atoms with van der Waals surface area (Å²) in [5.41, 5.74) is 4.66. The van der Waals surface area contributed by atoms with E-state index in [1.165, 1.54) is 0 Å². The van der Waals surface area contributed by atoms with Gasteiger partial charge in [-0.2, -0.15) is 0 Å². The summed E-state index contributed by atoms with van der Waals surface area (Å²) in [6.07, 6.45) is 1.19. The topological polar surface area (TPSA) is 65.0 Å². The smallest absolute Gasteiger partial charge is 0.231 e. The van der Waals surface area contributed by atoms with E-state index in [-0.39, 0.29) is 29.7 Å². The zero-order valence-electron chi connectivity index (χ0n) is 16.9. The van der Waals surface area contributed by atoms with Gasteiger partial charge >= 0.3 is 0 Å². The molecule has 0 bridgehead atoms. The van der Waals surface area contributed by atoms with Gasteiger partial charge in [0.25, 0.3) is 0 Å². The summed E-state index contributed by atoms with van der Waals surface area (Å²) in [7, 11) is 0. The van der Waals surface area contributed by atoms with Crippen molar-refractivity contribution in [1.82, 2.24) is 0 Å². The van der Waals surface area contributed by atoms with E-state index in [2.05, 4.69) is 13.8 Å². The summed E-state index contributed by atoms with van der Waals surface area (Å²) in [5, 5.41) is 0. The van der Waals surface area contributed by atoms with E-state index < -0.39 is 5.92 Å². The predicted molar refractivity (Wildman–Crippen MR) is 111 cm³/mol. The fourth-order valence-corrected chi connectivity index (χ4v) is 5.35. The van der Waals surface area contributed by atoms with E-state index in [1.807, 2.05) is 42.5 Å². The molecule has 5 heteroatoms. The number of hydrogen-bond donors (Lipinski definition) is 0. The van der Waals surface area contributed by atoms with Crippen molar-refractivity contribution in [3.63, 3.8) is 0 Å². The van der Waals surface area contributed by atoms with Crippen LogP contribution in [0.25, 0.3) is 0 Å². The predicted octanol–water partition coefficient (Wildman–Crippen LogP) is 4.46. The quantitative estimate of drug-likeness (QED) is 0.710. The van der Waals surface area contributed by atoms with Gasteiger partial charge in [-0.15, -0.1) is 0 Å². The van der Waals surface area contributed by atoms with Crippen LogP contribution in [-0.2, 0) is 4.79 Å². The van der Waals surface area contributed by atoms with Gasteiger partial charge in [-0.25, -0.2) is 0 Å². The van der Waals surface area contributed by atoms with Crippen LogP contribution in [0, 0.1) is 11.3 Å². The van der Waals surface area contributed by atoms with Gasteiger partial charge < -0.3 is 9.47 Å². The van der Waals surface area contributed by atoms with Gasteiger partial charge in [0.2, 0.25) is 6.79 Å². The third kappa shape index (κ3) is 2.38. The molecule has 2 atom stereocenters. The first-order valence-corrected chi connectivity index (χ1v) is 10.3. The zero-order chi connectivity index (χ0) is 20.6. The Morgan fingerprint density at radius 1 is 0.933 bits per heavy atom. The van der Waals surface area contributed by atoms with E-state index in [0.717, 1.165) is 29.0 Å². The average molecular weight is 399 g/mol. The van der Waals surface area contributed by atoms with Gasteiger partial charge in [-0.1, -0.05) is 44.2 Å². The highest BCUT2D eigenvalue weighted by Crippen LogP contribution is 2.52. The zero-order valence-corrected chi connectivity index (χ0v) is 16.9. The lowest BCUT2D eigenvalue weighted by molar-refractivity contribution is -0.118. The van der Waals surface area contributed by atoms with Crippen LogP contribution in [-0.4, -0.2) is 24.1 Å². The van der Waals surface area contributed by atoms with Crippen molar-refractivity contribution >= 4 is 17.3 Å². The Morgan fingerprint density at radius 3 is 2.53 bits per heavy atom. The molecule has 2 aliphatic heterocycles. The van der Waals surface area contributed by atoms with Gasteiger partial charge in [0.15, 0.2) is 23.1 Å². The minimum absolute atomic E-state index is 0.0381. The standard InChI is InChI=1S/C25H21NO4/c1-25(2)10-16-21(17(27)11-25)20(13-7-8-18-19(9-13)30-12-29-18)22-23(26-16)14-5-3-4-6-15(14)24(22)28/h3-9,20,22H,10-12H2,1-2H3/t20-,22-/m1/s1. The molecule has 2 heterocycles. The van der Waals surface area contributed by atoms with Crippen LogP contribution in [0.3, 0.4) is 0 Å². The highest BCUT2D eigenvalue weighted by molar-refractivity contribution is 6.30. The summed E-state index contributed by atoms with van der Waals surface area (Å²) in [4.78, 5) is 31.8. The number of Topliss-reactive ketones (excluding diaryl/α,β-unsaturated/α-hetero) is 2. The van der Waals surface area contributed by atoms with E-state index in [4.69, 9.17) is 14.5 Å². The summed E-state index contributed by atoms with van der Waals surface area (Å²) in [6.45, 7) is 4.39. The van der Waals surface area contributed by atoms with Gasteiger partial charge in [0.05, 0.1) is 11.6 Å². The van der Waals surface area contributed by atoms with Crippen molar-refractivity contribution in [2.24, 2.45) is 16.3 Å². The van der Waals surface area contributed by atoms with E-state index >= 15 is 0 Å². The second kappa shape index (κ2) is 5.91. The van der Waals surface area contributed by atoms with Crippen molar-refractivity contribution in [2.75, 3.05) is 6.79 Å². The van der Waals surface area contributed by atoms with Gasteiger partial charge in [0.1, 0.15) is 0 Å². The molecule has 2 aliphatic carbocycles. The molecule has 6 rings (SSSR count). The fourth-order valence-electron chi connectivity index (χ4n) is 5.35. The number of allylic oxidation sites excluding steroid dienone is 2. The first kappa shape index (κ1) is 17.6. The second-order valence-electron chi connectivity index (χ2n) is 9.28. The molecule has 0 saturated carbocycles. The van der Waals surface area contributed by atoms with E-state index in [0.29, 0.717) is 29.1 Å². The Morgan fingerprint density at radius 2 is 1.70 bits per heavy atom. The molecule has 5 nitrogen and oxygen atoms in total. The molecule has 0 aromatic heterocycles. The van der Waals surface area contributed by atoms with Crippen molar-refractivity contribution in [2.45, 2.75) is 32.6 Å². The monoisotopic (exact) mass is 399 g/mol. The lowest BCUT2D eigenvalue weighted by Crippen LogP contribution is -2.37. The normalized spacial score (nSPS) is 25.6. The second-order valence-corrected chi connectivity index (χ2v) is 9.28. The number of hydrogen-bond acceptors (Lipinski definition) is 5. The minimum Gasteiger partial charge on any atom is -0.454 e. The number of aliphatic imine (C=N–C) groups is 1. The number of nitrogens with zero attached hydrogens (tertiary/aromatic N) is 1. The maximum absolute atomic E-state index is 13.5. The van der Waals surface area contributed by atoms with Crippen LogP contribution in [0.15, 0.2) is 58.7 Å². The molecule has 4 aliphatic rings. The van der Waals surface area contributed by atoms with Crippen LogP contribution in [0.5, 0.6) is 11.5 Å². The molecule has 30 heavy (non-hydrogen) atoms. The molecule has 2 aromatic rings. The van der Waals surface area contributed by atoms with Gasteiger partial charge in [-0.05, 0) is 29.5 Å². The lowest BCUT2D eigenvalue weighted by Gasteiger charge is -2.38. The molecule has 0 unspecified atom stereocenters. The Labute approximate surface area is 174 Å². The van der Waals surface area contributed by atoms with Crippen LogP contribution in [0.2, 0.25) is 0 Å². The number of carbonyl (C=O) groups is 2. The Bertz CT molecular complexity index is 1200. The van der Waals surface area contributed by atoms with Crippen LogP contribution in [0.4, 0.5) is 0 Å². The molecule has 0 radical (unpaired) electrons. The first-order valence-electron chi connectivity index (χ1n) is 10.3. The van der Waals surface area contributed by atoms with Crippen LogP contribution >= 0.6 is 0 Å². The van der Waals surface area contributed by atoms with Gasteiger partial charge in [-0.3, -0.25) is 14.6 Å². The molecule has 0 saturated heterocycles. The third-order valence-electron chi connectivity index (χ3n) is 6.60. The Hall–Kier alpha value is -3.21. The van der Waals surface area contributed by atoms with Crippen molar-refractivity contribution in [1.29, 1.82) is 0 Å². The Kier molecular flexibility index (Phi) is 3.47. The first-order chi connectivity index (χ1) is 14.4. The highest BCUT2D eigenvalue weighted by atomic mass is 16.7. The minimum atomic E-state index is -0.480. The number of benzene rings is 2. The van der Waals surface area contributed by atoms with Crippen LogP contribution in [0.1, 0.15) is 54.1 Å². The molecular weight excluding hydrogens is 378 g/mol. The fraction of sp³-hybridized carbons (Fsp3) is 0.320. The largest absolute Gasteiger partial charge is 0.454 e. The number of ether oxygens (including phenoxy) is 2. The summed E-state index contributed by atoms with van der Waals surface area (Å²) in [6, 6.07) is 13.4. The molecule has 0 amide bonds. The third-order valence-corrected chi connectivity index (χ3v) is 6.60. The summed E-state index contributed by atoms with van der Waals surface area (Å²) >= 11 is 0. The van der Waals surface area contributed by atoms with Crippen molar-refractivity contribution in [3.05, 3.63) is 70.4 Å². The SMILES string of the molecule is CC1(C)CC(=O)C2=C(C1)N=C1c3ccccc3C(=O)[C@@H]1[C@@H]2c1ccc2c(c1)OCO2. The number of ketones is 2. The molecule has 150 valence electrons. The summed E-state index contributed by atoms with van der Waals surface area (Å²) in [5.74, 6) is 0.643.